The highest BCUT2D eigenvalue weighted by atomic mass is 19.1. The number of amides is 1. The van der Waals surface area contributed by atoms with Crippen LogP contribution < -0.4 is 0 Å². The molecule has 1 amide bonds. The number of ketones is 1. The summed E-state index contributed by atoms with van der Waals surface area (Å²) in [6, 6.07) is 14.0. The van der Waals surface area contributed by atoms with Crippen molar-refractivity contribution in [3.8, 4) is 0 Å². The summed E-state index contributed by atoms with van der Waals surface area (Å²) < 4.78 is 13.5. The minimum atomic E-state index is -0.382. The minimum absolute atomic E-state index is 0.184. The number of fused-ring (bicyclic) bond motifs is 4. The van der Waals surface area contributed by atoms with Gasteiger partial charge in [-0.2, -0.15) is 0 Å². The maximum absolute atomic E-state index is 13.5. The van der Waals surface area contributed by atoms with E-state index < -0.39 is 0 Å². The number of carbonyl (C=O) groups excluding carboxylic acids is 2. The molecule has 0 aromatic heterocycles. The monoisotopic (exact) mass is 392 g/mol. The Morgan fingerprint density at radius 3 is 2.34 bits per heavy atom. The zero-order valence-corrected chi connectivity index (χ0v) is 16.4. The number of hydrogen-bond donors (Lipinski definition) is 0. The summed E-state index contributed by atoms with van der Waals surface area (Å²) in [5.74, 6) is -0.786. The van der Waals surface area contributed by atoms with Crippen molar-refractivity contribution in [1.82, 2.24) is 9.80 Å². The fraction of sp³-hybridized carbons (Fsp3) is 0.417. The van der Waals surface area contributed by atoms with Crippen molar-refractivity contribution in [2.24, 2.45) is 11.8 Å². The number of carbonyl (C=O) groups is 2. The predicted molar refractivity (Wildman–Crippen MR) is 108 cm³/mol. The molecule has 5 heteroatoms. The summed E-state index contributed by atoms with van der Waals surface area (Å²) in [5.41, 5.74) is 3.05. The van der Waals surface area contributed by atoms with E-state index in [4.69, 9.17) is 0 Å². The molecule has 2 atom stereocenters. The molecule has 2 bridgehead atoms. The van der Waals surface area contributed by atoms with Gasteiger partial charge < -0.3 is 9.80 Å². The maximum atomic E-state index is 13.5. The zero-order valence-electron chi connectivity index (χ0n) is 16.4. The molecular weight excluding hydrogens is 367 g/mol. The predicted octanol–water partition coefficient (Wildman–Crippen LogP) is 3.21. The average molecular weight is 392 g/mol. The van der Waals surface area contributed by atoms with Crippen molar-refractivity contribution >= 4 is 11.7 Å². The Bertz CT molecular complexity index is 934. The van der Waals surface area contributed by atoms with Gasteiger partial charge in [-0.1, -0.05) is 36.4 Å². The Labute approximate surface area is 170 Å². The van der Waals surface area contributed by atoms with Gasteiger partial charge in [-0.3, -0.25) is 9.59 Å². The molecule has 2 aromatic rings. The Morgan fingerprint density at radius 1 is 0.931 bits per heavy atom. The molecule has 4 aliphatic heterocycles. The highest BCUT2D eigenvalue weighted by Gasteiger charge is 2.43. The Morgan fingerprint density at radius 2 is 1.66 bits per heavy atom. The largest absolute Gasteiger partial charge is 0.325 e. The van der Waals surface area contributed by atoms with Gasteiger partial charge in [0.1, 0.15) is 5.82 Å². The summed E-state index contributed by atoms with van der Waals surface area (Å²) in [5, 5.41) is 0. The van der Waals surface area contributed by atoms with Crippen LogP contribution in [0.2, 0.25) is 0 Å². The molecule has 0 saturated carbocycles. The number of benzene rings is 2. The first-order valence-corrected chi connectivity index (χ1v) is 10.5. The second-order valence-corrected chi connectivity index (χ2v) is 8.51. The van der Waals surface area contributed by atoms with E-state index in [9.17, 15) is 14.0 Å². The van der Waals surface area contributed by atoms with E-state index in [1.54, 1.807) is 17.0 Å². The third kappa shape index (κ3) is 3.27. The highest BCUT2D eigenvalue weighted by Crippen LogP contribution is 2.37. The summed E-state index contributed by atoms with van der Waals surface area (Å²) in [7, 11) is 0. The van der Waals surface area contributed by atoms with Crippen LogP contribution in [0.5, 0.6) is 0 Å². The van der Waals surface area contributed by atoms with Gasteiger partial charge in [0.15, 0.2) is 0 Å². The first-order chi connectivity index (χ1) is 14.1. The van der Waals surface area contributed by atoms with E-state index in [1.807, 2.05) is 18.2 Å². The number of hydrogen-bond acceptors (Lipinski definition) is 3. The van der Waals surface area contributed by atoms with Crippen LogP contribution >= 0.6 is 0 Å². The molecule has 2 aromatic carbocycles. The van der Waals surface area contributed by atoms with Crippen LogP contribution in [0.1, 0.15) is 35.6 Å². The maximum Gasteiger partial charge on any atom is 0.291 e. The molecule has 6 rings (SSSR count). The molecule has 4 heterocycles. The topological polar surface area (TPSA) is 40.6 Å². The molecule has 4 nitrogen and oxygen atoms in total. The van der Waals surface area contributed by atoms with Crippen molar-refractivity contribution in [2.45, 2.75) is 25.3 Å². The highest BCUT2D eigenvalue weighted by molar-refractivity contribution is 6.37. The fourth-order valence-electron chi connectivity index (χ4n) is 5.35. The van der Waals surface area contributed by atoms with Gasteiger partial charge in [0.05, 0.1) is 6.04 Å². The van der Waals surface area contributed by atoms with E-state index >= 15 is 0 Å². The average Bonchev–Trinajstić information content (AvgIpc) is 2.78. The van der Waals surface area contributed by atoms with Crippen LogP contribution in [0, 0.1) is 17.7 Å². The number of rotatable bonds is 3. The summed E-state index contributed by atoms with van der Waals surface area (Å²) in [6.07, 6.45) is 2.74. The lowest BCUT2D eigenvalue weighted by atomic mass is 9.76. The van der Waals surface area contributed by atoms with Crippen LogP contribution in [0.25, 0.3) is 0 Å². The number of nitrogens with zero attached hydrogens (tertiary/aromatic N) is 2. The van der Waals surface area contributed by atoms with Crippen molar-refractivity contribution in [3.05, 3.63) is 71.0 Å². The normalized spacial score (nSPS) is 28.1. The van der Waals surface area contributed by atoms with Gasteiger partial charge in [-0.05, 0) is 67.1 Å². The van der Waals surface area contributed by atoms with Crippen LogP contribution in [0.4, 0.5) is 4.39 Å². The Hall–Kier alpha value is -2.53. The molecular formula is C24H25FN2O2. The third-order valence-electron chi connectivity index (χ3n) is 6.93. The van der Waals surface area contributed by atoms with Gasteiger partial charge in [0, 0.05) is 19.0 Å². The Balaban J connectivity index is 1.48. The molecule has 0 radical (unpaired) electrons. The van der Waals surface area contributed by atoms with E-state index in [2.05, 4.69) is 11.0 Å². The van der Waals surface area contributed by atoms with Crippen LogP contribution in [0.15, 0.2) is 48.5 Å². The van der Waals surface area contributed by atoms with E-state index in [-0.39, 0.29) is 29.5 Å². The van der Waals surface area contributed by atoms with Crippen molar-refractivity contribution in [3.63, 3.8) is 0 Å². The van der Waals surface area contributed by atoms with E-state index in [0.29, 0.717) is 19.0 Å². The molecule has 0 N–H and O–H groups in total. The van der Waals surface area contributed by atoms with Gasteiger partial charge in [0.2, 0.25) is 5.78 Å². The lowest BCUT2D eigenvalue weighted by molar-refractivity contribution is -0.151. The summed E-state index contributed by atoms with van der Waals surface area (Å²) in [4.78, 5) is 30.7. The fourth-order valence-corrected chi connectivity index (χ4v) is 5.35. The molecule has 150 valence electrons. The second kappa shape index (κ2) is 7.38. The molecule has 29 heavy (non-hydrogen) atoms. The van der Waals surface area contributed by atoms with Crippen LogP contribution in [-0.2, 0) is 16.0 Å². The van der Waals surface area contributed by atoms with Gasteiger partial charge in [-0.15, -0.1) is 0 Å². The molecule has 3 saturated heterocycles. The van der Waals surface area contributed by atoms with Crippen LogP contribution in [-0.4, -0.2) is 47.7 Å². The third-order valence-corrected chi connectivity index (χ3v) is 6.93. The van der Waals surface area contributed by atoms with Crippen molar-refractivity contribution < 1.29 is 14.0 Å². The standard InChI is InChI=1S/C24H25FN2O2/c25-19-7-5-18(6-8-19)22-20-4-2-1-3-16(20)11-14-27(22)24(29)23(28)21-15-26-12-9-17(21)10-13-26/h1-8,17,21-22H,9-15H2/t21?,22-/m0/s1. The molecule has 1 unspecified atom stereocenters. The smallest absolute Gasteiger partial charge is 0.291 e. The molecule has 3 fully saturated rings. The van der Waals surface area contributed by atoms with Gasteiger partial charge in [0.25, 0.3) is 5.91 Å². The van der Waals surface area contributed by atoms with Crippen molar-refractivity contribution in [2.75, 3.05) is 26.2 Å². The van der Waals surface area contributed by atoms with Gasteiger partial charge in [-0.25, -0.2) is 4.39 Å². The molecule has 4 aliphatic rings. The number of halogens is 1. The second-order valence-electron chi connectivity index (χ2n) is 8.51. The summed E-state index contributed by atoms with van der Waals surface area (Å²) >= 11 is 0. The van der Waals surface area contributed by atoms with E-state index in [1.165, 1.54) is 17.7 Å². The van der Waals surface area contributed by atoms with Gasteiger partial charge >= 0.3 is 0 Å². The lowest BCUT2D eigenvalue weighted by Crippen LogP contribution is -2.54. The first kappa shape index (κ1) is 18.5. The summed E-state index contributed by atoms with van der Waals surface area (Å²) in [6.45, 7) is 3.29. The Kier molecular flexibility index (Phi) is 4.70. The SMILES string of the molecule is O=C(C(=O)N1CCc2ccccc2[C@@H]1c1ccc(F)cc1)C1CN2CCC1CC2. The van der Waals surface area contributed by atoms with E-state index in [0.717, 1.165) is 43.5 Å². The zero-order chi connectivity index (χ0) is 20.0. The molecule has 0 spiro atoms. The number of Topliss-reactive ketones (excluding diaryl/α,β-unsaturated/α-hetero) is 1. The minimum Gasteiger partial charge on any atom is -0.325 e. The first-order valence-electron chi connectivity index (χ1n) is 10.5. The van der Waals surface area contributed by atoms with Crippen LogP contribution in [0.3, 0.4) is 0 Å². The van der Waals surface area contributed by atoms with Crippen molar-refractivity contribution in [1.29, 1.82) is 0 Å². The number of piperidine rings is 3. The quantitative estimate of drug-likeness (QED) is 0.753. The lowest BCUT2D eigenvalue weighted by Gasteiger charge is -2.45. The molecule has 0 aliphatic carbocycles.